The molecule has 1 aliphatic rings. The second-order valence-corrected chi connectivity index (χ2v) is 4.51. The van der Waals surface area contributed by atoms with Crippen molar-refractivity contribution < 1.29 is 4.39 Å². The number of H-pyrrole nitrogens is 1. The monoisotopic (exact) mass is 237 g/mol. The van der Waals surface area contributed by atoms with Gasteiger partial charge in [0.05, 0.1) is 10.9 Å². The highest BCUT2D eigenvalue weighted by Gasteiger charge is 2.18. The summed E-state index contributed by atoms with van der Waals surface area (Å²) >= 11 is 5.75. The number of halogens is 2. The number of aromatic amines is 1. The fourth-order valence-corrected chi connectivity index (χ4v) is 2.53. The van der Waals surface area contributed by atoms with Crippen LogP contribution in [0.25, 0.3) is 10.9 Å². The minimum Gasteiger partial charge on any atom is -0.356 e. The van der Waals surface area contributed by atoms with Gasteiger partial charge in [0.2, 0.25) is 0 Å². The van der Waals surface area contributed by atoms with Crippen LogP contribution < -0.4 is 5.43 Å². The number of rotatable bonds is 0. The van der Waals surface area contributed by atoms with E-state index >= 15 is 0 Å². The Morgan fingerprint density at radius 2 is 2.12 bits per heavy atom. The lowest BCUT2D eigenvalue weighted by Crippen LogP contribution is -2.11. The Bertz CT molecular complexity index is 647. The molecule has 0 radical (unpaired) electrons. The van der Waals surface area contributed by atoms with Crippen molar-refractivity contribution in [2.24, 2.45) is 0 Å². The molecule has 1 heterocycles. The quantitative estimate of drug-likeness (QED) is 0.751. The fraction of sp³-hybridized carbons (Fsp3) is 0.250. The van der Waals surface area contributed by atoms with Gasteiger partial charge in [-0.2, -0.15) is 0 Å². The van der Waals surface area contributed by atoms with Crippen LogP contribution in [0.1, 0.15) is 17.7 Å². The Morgan fingerprint density at radius 3 is 2.94 bits per heavy atom. The van der Waals surface area contributed by atoms with Crippen LogP contribution in [-0.4, -0.2) is 4.98 Å². The van der Waals surface area contributed by atoms with Gasteiger partial charge in [-0.3, -0.25) is 4.79 Å². The lowest BCUT2D eigenvalue weighted by Gasteiger charge is -2.05. The summed E-state index contributed by atoms with van der Waals surface area (Å²) in [7, 11) is 0. The average Bonchev–Trinajstić information content (AvgIpc) is 2.68. The van der Waals surface area contributed by atoms with Crippen molar-refractivity contribution in [2.75, 3.05) is 0 Å². The second kappa shape index (κ2) is 3.32. The molecule has 16 heavy (non-hydrogen) atoms. The summed E-state index contributed by atoms with van der Waals surface area (Å²) < 4.78 is 13.6. The van der Waals surface area contributed by atoms with Gasteiger partial charge in [0.15, 0.2) is 5.43 Å². The Morgan fingerprint density at radius 1 is 1.31 bits per heavy atom. The lowest BCUT2D eigenvalue weighted by molar-refractivity contribution is 0.636. The molecule has 0 saturated carbocycles. The van der Waals surface area contributed by atoms with E-state index in [1.165, 1.54) is 12.1 Å². The summed E-state index contributed by atoms with van der Waals surface area (Å²) in [6, 6.07) is 2.75. The molecular formula is C12H9ClFNO. The molecule has 0 atom stereocenters. The molecule has 2 nitrogen and oxygen atoms in total. The largest absolute Gasteiger partial charge is 0.356 e. The zero-order chi connectivity index (χ0) is 11.3. The average molecular weight is 238 g/mol. The van der Waals surface area contributed by atoms with Gasteiger partial charge < -0.3 is 4.98 Å². The SMILES string of the molecule is O=c1c2c([nH]c3c(F)cc(Cl)cc13)CCC2. The summed E-state index contributed by atoms with van der Waals surface area (Å²) in [5.41, 5.74) is 1.85. The number of hydrogen-bond donors (Lipinski definition) is 1. The van der Waals surface area contributed by atoms with Gasteiger partial charge in [-0.15, -0.1) is 0 Å². The van der Waals surface area contributed by atoms with E-state index in [1.54, 1.807) is 0 Å². The van der Waals surface area contributed by atoms with Crippen LogP contribution in [0.3, 0.4) is 0 Å². The van der Waals surface area contributed by atoms with E-state index in [4.69, 9.17) is 11.6 Å². The lowest BCUT2D eigenvalue weighted by atomic mass is 10.1. The topological polar surface area (TPSA) is 32.9 Å². The van der Waals surface area contributed by atoms with E-state index in [-0.39, 0.29) is 16.0 Å². The second-order valence-electron chi connectivity index (χ2n) is 4.07. The molecule has 1 aromatic carbocycles. The van der Waals surface area contributed by atoms with Gasteiger partial charge in [-0.25, -0.2) is 4.39 Å². The van der Waals surface area contributed by atoms with Gasteiger partial charge in [-0.1, -0.05) is 11.6 Å². The number of aromatic nitrogens is 1. The third-order valence-corrected chi connectivity index (χ3v) is 3.29. The molecule has 0 aliphatic heterocycles. The summed E-state index contributed by atoms with van der Waals surface area (Å²) in [6.45, 7) is 0. The van der Waals surface area contributed by atoms with Crippen LogP contribution in [0, 0.1) is 5.82 Å². The van der Waals surface area contributed by atoms with Crippen molar-refractivity contribution >= 4 is 22.5 Å². The third-order valence-electron chi connectivity index (χ3n) is 3.07. The minimum atomic E-state index is -0.464. The van der Waals surface area contributed by atoms with Crippen LogP contribution in [0.5, 0.6) is 0 Å². The smallest absolute Gasteiger partial charge is 0.192 e. The van der Waals surface area contributed by atoms with E-state index in [9.17, 15) is 9.18 Å². The summed E-state index contributed by atoms with van der Waals surface area (Å²) in [6.07, 6.45) is 2.55. The van der Waals surface area contributed by atoms with E-state index in [1.807, 2.05) is 0 Å². The molecule has 0 unspecified atom stereocenters. The molecule has 82 valence electrons. The first-order valence-corrected chi connectivity index (χ1v) is 5.57. The summed E-state index contributed by atoms with van der Waals surface area (Å²) in [5.74, 6) is -0.464. The number of fused-ring (bicyclic) bond motifs is 2. The first-order chi connectivity index (χ1) is 7.66. The van der Waals surface area contributed by atoms with E-state index in [2.05, 4.69) is 4.98 Å². The Hall–Kier alpha value is -1.35. The van der Waals surface area contributed by atoms with Crippen molar-refractivity contribution in [3.8, 4) is 0 Å². The highest BCUT2D eigenvalue weighted by molar-refractivity contribution is 6.31. The molecule has 0 fully saturated rings. The van der Waals surface area contributed by atoms with Crippen LogP contribution >= 0.6 is 11.6 Å². The fourth-order valence-electron chi connectivity index (χ4n) is 2.33. The van der Waals surface area contributed by atoms with Crippen molar-refractivity contribution in [2.45, 2.75) is 19.3 Å². The molecule has 1 N–H and O–H groups in total. The van der Waals surface area contributed by atoms with Crippen molar-refractivity contribution in [3.05, 3.63) is 44.5 Å². The number of hydrogen-bond acceptors (Lipinski definition) is 1. The van der Waals surface area contributed by atoms with Gasteiger partial charge >= 0.3 is 0 Å². The van der Waals surface area contributed by atoms with Gasteiger partial charge in [-0.05, 0) is 31.4 Å². The molecule has 2 aromatic rings. The van der Waals surface area contributed by atoms with E-state index < -0.39 is 5.82 Å². The summed E-state index contributed by atoms with van der Waals surface area (Å²) in [4.78, 5) is 15.1. The number of aryl methyl sites for hydroxylation is 1. The molecule has 0 saturated heterocycles. The standard InChI is InChI=1S/C12H9ClFNO/c13-6-4-8-11(9(14)5-6)15-10-3-1-2-7(10)12(8)16/h4-5H,1-3H2,(H,15,16). The van der Waals surface area contributed by atoms with Crippen molar-refractivity contribution in [3.63, 3.8) is 0 Å². The van der Waals surface area contributed by atoms with Crippen molar-refractivity contribution in [1.29, 1.82) is 0 Å². The predicted octanol–water partition coefficient (Wildman–Crippen LogP) is 2.81. The number of nitrogens with one attached hydrogen (secondary N) is 1. The maximum absolute atomic E-state index is 13.6. The molecule has 0 amide bonds. The molecule has 4 heteroatoms. The molecular weight excluding hydrogens is 229 g/mol. The van der Waals surface area contributed by atoms with Gasteiger partial charge in [0.1, 0.15) is 5.82 Å². The normalized spacial score (nSPS) is 14.4. The molecule has 1 aromatic heterocycles. The highest BCUT2D eigenvalue weighted by atomic mass is 35.5. The van der Waals surface area contributed by atoms with Crippen LogP contribution in [0.15, 0.2) is 16.9 Å². The molecule has 3 rings (SSSR count). The Kier molecular flexibility index (Phi) is 2.04. The van der Waals surface area contributed by atoms with Crippen molar-refractivity contribution in [1.82, 2.24) is 4.98 Å². The van der Waals surface area contributed by atoms with Crippen LogP contribution in [0.4, 0.5) is 4.39 Å². The van der Waals surface area contributed by atoms with Crippen LogP contribution in [0.2, 0.25) is 5.02 Å². The van der Waals surface area contributed by atoms with Gasteiger partial charge in [0.25, 0.3) is 0 Å². The zero-order valence-electron chi connectivity index (χ0n) is 8.44. The van der Waals surface area contributed by atoms with Gasteiger partial charge in [0, 0.05) is 16.3 Å². The Labute approximate surface area is 96.1 Å². The molecule has 0 bridgehead atoms. The third kappa shape index (κ3) is 1.28. The maximum Gasteiger partial charge on any atom is 0.192 e. The Balaban J connectivity index is 2.51. The maximum atomic E-state index is 13.6. The molecule has 1 aliphatic carbocycles. The first kappa shape index (κ1) is 9.85. The minimum absolute atomic E-state index is 0.0809. The first-order valence-electron chi connectivity index (χ1n) is 5.19. The molecule has 0 spiro atoms. The zero-order valence-corrected chi connectivity index (χ0v) is 9.20. The highest BCUT2D eigenvalue weighted by Crippen LogP contribution is 2.24. The predicted molar refractivity (Wildman–Crippen MR) is 61.6 cm³/mol. The number of pyridine rings is 1. The van der Waals surface area contributed by atoms with Crippen LogP contribution in [-0.2, 0) is 12.8 Å². The van der Waals surface area contributed by atoms with E-state index in [0.29, 0.717) is 5.39 Å². The summed E-state index contributed by atoms with van der Waals surface area (Å²) in [5, 5.41) is 0.610. The van der Waals surface area contributed by atoms with E-state index in [0.717, 1.165) is 30.5 Å². The number of benzene rings is 1.